The van der Waals surface area contributed by atoms with Crippen molar-refractivity contribution >= 4 is 5.96 Å². The SMILES string of the molecule is CCNC(=NCC(O)c1ccccc1F)N1CCC(CN2CCCC2)C1. The molecule has 3 rings (SSSR count). The van der Waals surface area contributed by atoms with Gasteiger partial charge in [0.15, 0.2) is 5.96 Å². The van der Waals surface area contributed by atoms with Crippen LogP contribution in [0.2, 0.25) is 0 Å². The lowest BCUT2D eigenvalue weighted by Gasteiger charge is -2.23. The van der Waals surface area contributed by atoms with Gasteiger partial charge in [0, 0.05) is 31.7 Å². The molecule has 2 aliphatic rings. The molecule has 2 saturated heterocycles. The Morgan fingerprint density at radius 1 is 1.31 bits per heavy atom. The molecule has 2 unspecified atom stereocenters. The Balaban J connectivity index is 1.57. The van der Waals surface area contributed by atoms with Gasteiger partial charge in [-0.15, -0.1) is 0 Å². The number of nitrogens with zero attached hydrogens (tertiary/aromatic N) is 3. The van der Waals surface area contributed by atoms with Crippen LogP contribution in [0.1, 0.15) is 37.9 Å². The maximum Gasteiger partial charge on any atom is 0.194 e. The first-order chi connectivity index (χ1) is 12.7. The molecule has 2 N–H and O–H groups in total. The molecule has 2 atom stereocenters. The van der Waals surface area contributed by atoms with Gasteiger partial charge in [-0.3, -0.25) is 4.99 Å². The summed E-state index contributed by atoms with van der Waals surface area (Å²) in [6, 6.07) is 6.35. The van der Waals surface area contributed by atoms with E-state index in [1.165, 1.54) is 45.0 Å². The van der Waals surface area contributed by atoms with Crippen LogP contribution in [0.3, 0.4) is 0 Å². The highest BCUT2D eigenvalue weighted by atomic mass is 19.1. The zero-order valence-corrected chi connectivity index (χ0v) is 15.7. The van der Waals surface area contributed by atoms with Gasteiger partial charge in [-0.2, -0.15) is 0 Å². The molecule has 0 saturated carbocycles. The van der Waals surface area contributed by atoms with E-state index in [9.17, 15) is 9.50 Å². The normalized spacial score (nSPS) is 22.8. The number of hydrogen-bond donors (Lipinski definition) is 2. The topological polar surface area (TPSA) is 51.1 Å². The number of hydrogen-bond acceptors (Lipinski definition) is 3. The van der Waals surface area contributed by atoms with Crippen molar-refractivity contribution < 1.29 is 9.50 Å². The lowest BCUT2D eigenvalue weighted by atomic mass is 10.1. The minimum Gasteiger partial charge on any atom is -0.386 e. The summed E-state index contributed by atoms with van der Waals surface area (Å²) in [4.78, 5) is 9.43. The average Bonchev–Trinajstić information content (AvgIpc) is 3.31. The summed E-state index contributed by atoms with van der Waals surface area (Å²) in [6.07, 6.45) is 2.91. The summed E-state index contributed by atoms with van der Waals surface area (Å²) in [5, 5.41) is 13.6. The minimum absolute atomic E-state index is 0.163. The number of benzene rings is 1. The molecular formula is C20H31FN4O. The average molecular weight is 362 g/mol. The van der Waals surface area contributed by atoms with Gasteiger partial charge in [0.25, 0.3) is 0 Å². The largest absolute Gasteiger partial charge is 0.386 e. The van der Waals surface area contributed by atoms with Crippen molar-refractivity contribution in [1.29, 1.82) is 0 Å². The highest BCUT2D eigenvalue weighted by Gasteiger charge is 2.27. The van der Waals surface area contributed by atoms with E-state index in [1.54, 1.807) is 18.2 Å². The Morgan fingerprint density at radius 3 is 2.81 bits per heavy atom. The van der Waals surface area contributed by atoms with E-state index in [4.69, 9.17) is 0 Å². The first-order valence-corrected chi connectivity index (χ1v) is 9.85. The molecule has 5 nitrogen and oxygen atoms in total. The fourth-order valence-corrected chi connectivity index (χ4v) is 3.95. The third-order valence-corrected chi connectivity index (χ3v) is 5.31. The van der Waals surface area contributed by atoms with Gasteiger partial charge in [0.05, 0.1) is 6.54 Å². The van der Waals surface area contributed by atoms with E-state index in [1.807, 2.05) is 6.92 Å². The van der Waals surface area contributed by atoms with E-state index < -0.39 is 6.10 Å². The molecule has 0 radical (unpaired) electrons. The third kappa shape index (κ3) is 4.95. The fourth-order valence-electron chi connectivity index (χ4n) is 3.95. The standard InChI is InChI=1S/C20H31FN4O/c1-2-22-20(23-13-19(26)17-7-3-4-8-18(17)21)25-12-9-16(15-25)14-24-10-5-6-11-24/h3-4,7-8,16,19,26H,2,5-6,9-15H2,1H3,(H,22,23). The maximum atomic E-state index is 13.8. The summed E-state index contributed by atoms with van der Waals surface area (Å²) < 4.78 is 13.8. The van der Waals surface area contributed by atoms with Crippen molar-refractivity contribution in [3.05, 3.63) is 35.6 Å². The maximum absolute atomic E-state index is 13.8. The van der Waals surface area contributed by atoms with Gasteiger partial charge < -0.3 is 20.2 Å². The van der Waals surface area contributed by atoms with Crippen molar-refractivity contribution in [1.82, 2.24) is 15.1 Å². The second-order valence-corrected chi connectivity index (χ2v) is 7.34. The van der Waals surface area contributed by atoms with Crippen LogP contribution in [-0.2, 0) is 0 Å². The lowest BCUT2D eigenvalue weighted by Crippen LogP contribution is -2.41. The molecule has 1 aromatic carbocycles. The number of guanidine groups is 1. The molecule has 144 valence electrons. The van der Waals surface area contributed by atoms with Crippen molar-refractivity contribution in [2.45, 2.75) is 32.3 Å². The van der Waals surface area contributed by atoms with Crippen LogP contribution in [0, 0.1) is 11.7 Å². The summed E-state index contributed by atoms with van der Waals surface area (Å²) in [6.45, 7) is 8.62. The molecule has 0 aliphatic carbocycles. The number of likely N-dealkylation sites (tertiary alicyclic amines) is 2. The summed E-state index contributed by atoms with van der Waals surface area (Å²) >= 11 is 0. The molecule has 0 spiro atoms. The van der Waals surface area contributed by atoms with Crippen molar-refractivity contribution in [3.8, 4) is 0 Å². The number of aliphatic hydroxyl groups is 1. The second kappa shape index (κ2) is 9.33. The van der Waals surface area contributed by atoms with Gasteiger partial charge in [-0.25, -0.2) is 4.39 Å². The Hall–Kier alpha value is -1.66. The van der Waals surface area contributed by atoms with Gasteiger partial charge in [-0.05, 0) is 51.3 Å². The highest BCUT2D eigenvalue weighted by Crippen LogP contribution is 2.21. The molecular weight excluding hydrogens is 331 g/mol. The van der Waals surface area contributed by atoms with Crippen LogP contribution in [0.25, 0.3) is 0 Å². The van der Waals surface area contributed by atoms with Crippen LogP contribution < -0.4 is 5.32 Å². The van der Waals surface area contributed by atoms with E-state index in [0.717, 1.165) is 25.6 Å². The van der Waals surface area contributed by atoms with E-state index in [2.05, 4.69) is 20.1 Å². The number of nitrogens with one attached hydrogen (secondary N) is 1. The predicted molar refractivity (Wildman–Crippen MR) is 103 cm³/mol. The van der Waals surface area contributed by atoms with Crippen molar-refractivity contribution in [2.24, 2.45) is 10.9 Å². The van der Waals surface area contributed by atoms with Crippen LogP contribution in [-0.4, -0.2) is 66.7 Å². The zero-order valence-electron chi connectivity index (χ0n) is 15.7. The van der Waals surface area contributed by atoms with Crippen molar-refractivity contribution in [2.75, 3.05) is 45.8 Å². The molecule has 6 heteroatoms. The first kappa shape index (κ1) is 19.1. The quantitative estimate of drug-likeness (QED) is 0.602. The van der Waals surface area contributed by atoms with Crippen LogP contribution in [0.15, 0.2) is 29.3 Å². The van der Waals surface area contributed by atoms with Crippen LogP contribution >= 0.6 is 0 Å². The van der Waals surface area contributed by atoms with Gasteiger partial charge in [0.1, 0.15) is 11.9 Å². The van der Waals surface area contributed by atoms with Crippen molar-refractivity contribution in [3.63, 3.8) is 0 Å². The smallest absolute Gasteiger partial charge is 0.194 e. The molecule has 1 aromatic rings. The Bertz CT molecular complexity index is 603. The molecule has 2 fully saturated rings. The molecule has 0 aromatic heterocycles. The molecule has 0 amide bonds. The number of aliphatic imine (C=N–C) groups is 1. The third-order valence-electron chi connectivity index (χ3n) is 5.31. The van der Waals surface area contributed by atoms with E-state index in [0.29, 0.717) is 11.5 Å². The summed E-state index contributed by atoms with van der Waals surface area (Å²) in [7, 11) is 0. The summed E-state index contributed by atoms with van der Waals surface area (Å²) in [5.74, 6) is 1.12. The minimum atomic E-state index is -0.923. The lowest BCUT2D eigenvalue weighted by molar-refractivity contribution is 0.181. The fraction of sp³-hybridized carbons (Fsp3) is 0.650. The number of aliphatic hydroxyl groups excluding tert-OH is 1. The number of rotatable bonds is 6. The Kier molecular flexibility index (Phi) is 6.86. The first-order valence-electron chi connectivity index (χ1n) is 9.85. The number of halogens is 1. The molecule has 0 bridgehead atoms. The molecule has 26 heavy (non-hydrogen) atoms. The Labute approximate surface area is 155 Å². The predicted octanol–water partition coefficient (Wildman–Crippen LogP) is 2.24. The summed E-state index contributed by atoms with van der Waals surface area (Å²) in [5.41, 5.74) is 0.306. The Morgan fingerprint density at radius 2 is 2.08 bits per heavy atom. The van der Waals surface area contributed by atoms with Crippen LogP contribution in [0.5, 0.6) is 0 Å². The van der Waals surface area contributed by atoms with Gasteiger partial charge in [-0.1, -0.05) is 18.2 Å². The van der Waals surface area contributed by atoms with Crippen LogP contribution in [0.4, 0.5) is 4.39 Å². The molecule has 2 aliphatic heterocycles. The van der Waals surface area contributed by atoms with Gasteiger partial charge in [0.2, 0.25) is 0 Å². The highest BCUT2D eigenvalue weighted by molar-refractivity contribution is 5.80. The van der Waals surface area contributed by atoms with E-state index >= 15 is 0 Å². The zero-order chi connectivity index (χ0) is 18.4. The monoisotopic (exact) mass is 362 g/mol. The molecule has 2 heterocycles. The van der Waals surface area contributed by atoms with Gasteiger partial charge >= 0.3 is 0 Å². The second-order valence-electron chi connectivity index (χ2n) is 7.34. The van der Waals surface area contributed by atoms with E-state index in [-0.39, 0.29) is 12.4 Å².